The molecule has 0 saturated carbocycles. The van der Waals surface area contributed by atoms with Crippen molar-refractivity contribution >= 4 is 11.7 Å². The zero-order valence-corrected chi connectivity index (χ0v) is 5.64. The maximum Gasteiger partial charge on any atom is 0.314 e. The van der Waals surface area contributed by atoms with Crippen LogP contribution in [-0.4, -0.2) is 22.0 Å². The molecule has 4 nitrogen and oxygen atoms in total. The first-order valence-corrected chi connectivity index (χ1v) is 3.05. The Labute approximate surface area is 63.1 Å². The lowest BCUT2D eigenvalue weighted by Crippen LogP contribution is -2.11. The van der Waals surface area contributed by atoms with Crippen molar-refractivity contribution in [1.29, 1.82) is 0 Å². The van der Waals surface area contributed by atoms with Crippen molar-refractivity contribution < 1.29 is 15.1 Å². The van der Waals surface area contributed by atoms with Crippen molar-refractivity contribution in [3.63, 3.8) is 0 Å². The van der Waals surface area contributed by atoms with Crippen LogP contribution in [0.2, 0.25) is 0 Å². The second-order valence-corrected chi connectivity index (χ2v) is 2.11. The highest BCUT2D eigenvalue weighted by atomic mass is 16.4. The highest BCUT2D eigenvalue weighted by Crippen LogP contribution is 2.07. The van der Waals surface area contributed by atoms with Crippen LogP contribution in [0.5, 0.6) is 0 Å². The van der Waals surface area contributed by atoms with Crippen LogP contribution in [0.4, 0.5) is 0 Å². The van der Waals surface area contributed by atoms with Crippen LogP contribution < -0.4 is 0 Å². The fourth-order valence-corrected chi connectivity index (χ4v) is 0.756. The molecule has 0 amide bonds. The second-order valence-electron chi connectivity index (χ2n) is 2.11. The van der Waals surface area contributed by atoms with Crippen molar-refractivity contribution in [1.82, 2.24) is 0 Å². The third-order valence-corrected chi connectivity index (χ3v) is 1.35. The molecule has 11 heavy (non-hydrogen) atoms. The van der Waals surface area contributed by atoms with E-state index in [1.165, 1.54) is 24.3 Å². The molecule has 0 radical (unpaired) electrons. The smallest absolute Gasteiger partial charge is 0.314 e. The number of aliphatic carboxylic acids is 1. The van der Waals surface area contributed by atoms with E-state index >= 15 is 0 Å². The molecule has 0 aliphatic heterocycles. The molecule has 58 valence electrons. The van der Waals surface area contributed by atoms with Gasteiger partial charge in [-0.1, -0.05) is 17.3 Å². The number of nitrogens with zero attached hydrogens (tertiary/aromatic N) is 1. The minimum absolute atomic E-state index is 0.363. The Bertz CT molecular complexity index is 236. The molecule has 0 aromatic heterocycles. The summed E-state index contributed by atoms with van der Waals surface area (Å²) < 4.78 is 0. The summed E-state index contributed by atoms with van der Waals surface area (Å²) in [6.07, 6.45) is 5.83. The molecule has 0 unspecified atom stereocenters. The van der Waals surface area contributed by atoms with E-state index < -0.39 is 11.9 Å². The molecular weight excluding hydrogens is 146 g/mol. The van der Waals surface area contributed by atoms with Crippen LogP contribution in [0.25, 0.3) is 0 Å². The maximum absolute atomic E-state index is 10.3. The number of hydrogen-bond acceptors (Lipinski definition) is 3. The lowest BCUT2D eigenvalue weighted by Gasteiger charge is -2.04. The van der Waals surface area contributed by atoms with Gasteiger partial charge in [-0.05, 0) is 12.2 Å². The number of hydrogen-bond donors (Lipinski definition) is 2. The quantitative estimate of drug-likeness (QED) is 0.429. The minimum atomic E-state index is -0.908. The van der Waals surface area contributed by atoms with Crippen molar-refractivity contribution in [2.75, 3.05) is 0 Å². The average Bonchev–Trinajstić information content (AvgIpc) is 2.05. The van der Waals surface area contributed by atoms with E-state index in [0.29, 0.717) is 5.71 Å². The highest BCUT2D eigenvalue weighted by Gasteiger charge is 2.12. The zero-order chi connectivity index (χ0) is 8.27. The van der Waals surface area contributed by atoms with Gasteiger partial charge >= 0.3 is 5.97 Å². The normalized spacial score (nSPS) is 21.8. The Balaban J connectivity index is 2.72. The van der Waals surface area contributed by atoms with E-state index in [1.54, 1.807) is 0 Å². The lowest BCUT2D eigenvalue weighted by molar-refractivity contribution is -0.138. The Morgan fingerprint density at radius 3 is 2.36 bits per heavy atom. The number of rotatable bonds is 1. The van der Waals surface area contributed by atoms with Crippen LogP contribution in [0.3, 0.4) is 0 Å². The Morgan fingerprint density at radius 1 is 1.45 bits per heavy atom. The largest absolute Gasteiger partial charge is 0.481 e. The molecule has 2 N–H and O–H groups in total. The summed E-state index contributed by atoms with van der Waals surface area (Å²) in [4.78, 5) is 10.3. The monoisotopic (exact) mass is 153 g/mol. The van der Waals surface area contributed by atoms with Gasteiger partial charge in [0.15, 0.2) is 0 Å². The van der Waals surface area contributed by atoms with Gasteiger partial charge in [-0.25, -0.2) is 0 Å². The first kappa shape index (κ1) is 7.53. The Morgan fingerprint density at radius 2 is 2.00 bits per heavy atom. The predicted octanol–water partition coefficient (Wildman–Crippen LogP) is 0.643. The first-order chi connectivity index (χ1) is 5.24. The van der Waals surface area contributed by atoms with Crippen LogP contribution >= 0.6 is 0 Å². The molecule has 0 spiro atoms. The zero-order valence-electron chi connectivity index (χ0n) is 5.64. The molecule has 0 heterocycles. The van der Waals surface area contributed by atoms with Gasteiger partial charge in [-0.2, -0.15) is 0 Å². The van der Waals surface area contributed by atoms with Gasteiger partial charge in [0.05, 0.1) is 5.92 Å². The highest BCUT2D eigenvalue weighted by molar-refractivity contribution is 6.05. The Kier molecular flexibility index (Phi) is 2.06. The molecule has 4 heteroatoms. The number of allylic oxidation sites excluding steroid dienone is 2. The lowest BCUT2D eigenvalue weighted by atomic mass is 10.0. The molecule has 0 aromatic carbocycles. The van der Waals surface area contributed by atoms with Crippen molar-refractivity contribution in [3.8, 4) is 0 Å². The van der Waals surface area contributed by atoms with Gasteiger partial charge < -0.3 is 10.3 Å². The number of carboxylic acid groups (broad SMARTS) is 1. The van der Waals surface area contributed by atoms with Gasteiger partial charge in [0.1, 0.15) is 5.71 Å². The third-order valence-electron chi connectivity index (χ3n) is 1.35. The molecule has 0 saturated heterocycles. The van der Waals surface area contributed by atoms with Gasteiger partial charge in [0, 0.05) is 0 Å². The molecule has 0 atom stereocenters. The summed E-state index contributed by atoms with van der Waals surface area (Å²) in [5, 5.41) is 19.6. The van der Waals surface area contributed by atoms with Crippen LogP contribution in [0.15, 0.2) is 29.5 Å². The van der Waals surface area contributed by atoms with Crippen molar-refractivity contribution in [2.24, 2.45) is 11.1 Å². The molecule has 0 bridgehead atoms. The summed E-state index contributed by atoms with van der Waals surface area (Å²) in [6, 6.07) is 0. The van der Waals surface area contributed by atoms with E-state index in [-0.39, 0.29) is 0 Å². The van der Waals surface area contributed by atoms with Crippen LogP contribution in [-0.2, 0) is 4.79 Å². The van der Waals surface area contributed by atoms with Gasteiger partial charge in [-0.15, -0.1) is 0 Å². The van der Waals surface area contributed by atoms with Crippen LogP contribution in [0.1, 0.15) is 0 Å². The second kappa shape index (κ2) is 3.01. The fraction of sp³-hybridized carbons (Fsp3) is 0.143. The summed E-state index contributed by atoms with van der Waals surface area (Å²) in [7, 11) is 0. The Hall–Kier alpha value is -1.58. The summed E-state index contributed by atoms with van der Waals surface area (Å²) in [5.41, 5.74) is 0.363. The topological polar surface area (TPSA) is 69.9 Å². The van der Waals surface area contributed by atoms with E-state index in [9.17, 15) is 4.79 Å². The van der Waals surface area contributed by atoms with Gasteiger partial charge in [-0.3, -0.25) is 4.79 Å². The maximum atomic E-state index is 10.3. The van der Waals surface area contributed by atoms with E-state index in [2.05, 4.69) is 5.16 Å². The summed E-state index contributed by atoms with van der Waals surface area (Å²) in [6.45, 7) is 0. The number of carbonyl (C=O) groups is 1. The van der Waals surface area contributed by atoms with Crippen molar-refractivity contribution in [3.05, 3.63) is 24.3 Å². The fourth-order valence-electron chi connectivity index (χ4n) is 0.756. The number of oxime groups is 1. The minimum Gasteiger partial charge on any atom is -0.481 e. The van der Waals surface area contributed by atoms with E-state index in [4.69, 9.17) is 10.3 Å². The molecular formula is C7H7NO3. The summed E-state index contributed by atoms with van der Waals surface area (Å²) in [5.74, 6) is -1.50. The number of carboxylic acids is 1. The predicted molar refractivity (Wildman–Crippen MR) is 38.6 cm³/mol. The van der Waals surface area contributed by atoms with Crippen molar-refractivity contribution in [2.45, 2.75) is 0 Å². The molecule has 0 aromatic rings. The van der Waals surface area contributed by atoms with E-state index in [1.807, 2.05) is 0 Å². The van der Waals surface area contributed by atoms with E-state index in [0.717, 1.165) is 0 Å². The molecule has 1 aliphatic rings. The van der Waals surface area contributed by atoms with Gasteiger partial charge in [0.2, 0.25) is 0 Å². The van der Waals surface area contributed by atoms with Gasteiger partial charge in [0.25, 0.3) is 0 Å². The molecule has 1 rings (SSSR count). The average molecular weight is 153 g/mol. The first-order valence-electron chi connectivity index (χ1n) is 3.05. The SMILES string of the molecule is O=C(O)C1C=CC(=NO)C=C1. The molecule has 1 aliphatic carbocycles. The third kappa shape index (κ3) is 1.67. The van der Waals surface area contributed by atoms with Crippen LogP contribution in [0, 0.1) is 5.92 Å². The standard InChI is InChI=1S/C7H7NO3/c9-7(10)5-1-3-6(8-11)4-2-5/h1-5,11H,(H,9,10). The summed E-state index contributed by atoms with van der Waals surface area (Å²) >= 11 is 0. The molecule has 0 fully saturated rings.